The lowest BCUT2D eigenvalue weighted by Crippen LogP contribution is -2.35. The Morgan fingerprint density at radius 3 is 2.45 bits per heavy atom. The van der Waals surface area contributed by atoms with Crippen LogP contribution in [0.15, 0.2) is 22.7 Å². The number of hydrogen-bond acceptors (Lipinski definition) is 2. The van der Waals surface area contributed by atoms with Crippen molar-refractivity contribution in [2.75, 3.05) is 11.9 Å². The summed E-state index contributed by atoms with van der Waals surface area (Å²) in [4.78, 5) is 2.45. The fourth-order valence-corrected chi connectivity index (χ4v) is 3.98. The third-order valence-electron chi connectivity index (χ3n) is 4.82. The molecule has 0 spiro atoms. The highest BCUT2D eigenvalue weighted by Crippen LogP contribution is 2.33. The Balaban J connectivity index is 2.06. The molecular weight excluding hydrogens is 312 g/mol. The summed E-state index contributed by atoms with van der Waals surface area (Å²) in [7, 11) is 2.23. The molecular formula is C17H27BrN2. The molecule has 1 saturated carbocycles. The van der Waals surface area contributed by atoms with Gasteiger partial charge in [0.15, 0.2) is 0 Å². The molecule has 1 aliphatic carbocycles. The predicted molar refractivity (Wildman–Crippen MR) is 91.2 cm³/mol. The minimum absolute atomic E-state index is 0.0729. The molecule has 0 amide bonds. The van der Waals surface area contributed by atoms with Gasteiger partial charge in [-0.2, -0.15) is 0 Å². The van der Waals surface area contributed by atoms with Gasteiger partial charge in [-0.1, -0.05) is 35.3 Å². The van der Waals surface area contributed by atoms with E-state index in [-0.39, 0.29) is 6.04 Å². The van der Waals surface area contributed by atoms with Crippen LogP contribution in [-0.4, -0.2) is 13.1 Å². The van der Waals surface area contributed by atoms with E-state index < -0.39 is 0 Å². The first-order valence-electron chi connectivity index (χ1n) is 7.80. The van der Waals surface area contributed by atoms with E-state index in [1.165, 1.54) is 43.4 Å². The summed E-state index contributed by atoms with van der Waals surface area (Å²) < 4.78 is 1.12. The van der Waals surface area contributed by atoms with Gasteiger partial charge in [0.25, 0.3) is 0 Å². The number of rotatable bonds is 4. The minimum Gasteiger partial charge on any atom is -0.372 e. The minimum atomic E-state index is 0.0729. The number of nitrogens with zero attached hydrogens (tertiary/aromatic N) is 1. The fraction of sp³-hybridized carbons (Fsp3) is 0.647. The standard InChI is InChI=1S/C17H27BrN2/c1-4-13-5-7-14(8-6-13)20(3)15-9-10-16(12(2)19)17(18)11-15/h9-14H,4-8,19H2,1-3H3/t12-,13?,14?/m1/s1. The van der Waals surface area contributed by atoms with Crippen LogP contribution in [0.25, 0.3) is 0 Å². The van der Waals surface area contributed by atoms with Crippen molar-refractivity contribution in [2.45, 2.75) is 58.0 Å². The van der Waals surface area contributed by atoms with Gasteiger partial charge in [-0.05, 0) is 56.2 Å². The van der Waals surface area contributed by atoms with E-state index in [9.17, 15) is 0 Å². The molecule has 0 aliphatic heterocycles. The molecule has 1 aliphatic rings. The molecule has 3 heteroatoms. The molecule has 2 nitrogen and oxygen atoms in total. The van der Waals surface area contributed by atoms with E-state index >= 15 is 0 Å². The molecule has 2 N–H and O–H groups in total. The quantitative estimate of drug-likeness (QED) is 0.848. The van der Waals surface area contributed by atoms with E-state index in [1.54, 1.807) is 0 Å². The number of anilines is 1. The van der Waals surface area contributed by atoms with Gasteiger partial charge in [0, 0.05) is 29.3 Å². The van der Waals surface area contributed by atoms with E-state index in [4.69, 9.17) is 5.73 Å². The Hall–Kier alpha value is -0.540. The van der Waals surface area contributed by atoms with E-state index in [1.807, 2.05) is 6.92 Å². The zero-order valence-electron chi connectivity index (χ0n) is 12.9. The maximum absolute atomic E-state index is 5.97. The van der Waals surface area contributed by atoms with Gasteiger partial charge in [-0.25, -0.2) is 0 Å². The monoisotopic (exact) mass is 338 g/mol. The van der Waals surface area contributed by atoms with Gasteiger partial charge in [-0.15, -0.1) is 0 Å². The predicted octanol–water partition coefficient (Wildman–Crippen LogP) is 4.87. The third-order valence-corrected chi connectivity index (χ3v) is 5.51. The Bertz CT molecular complexity index is 437. The van der Waals surface area contributed by atoms with Crippen molar-refractivity contribution in [1.29, 1.82) is 0 Å². The van der Waals surface area contributed by atoms with Crippen molar-refractivity contribution >= 4 is 21.6 Å². The maximum Gasteiger partial charge on any atom is 0.0377 e. The van der Waals surface area contributed by atoms with E-state index in [0.717, 1.165) is 10.4 Å². The van der Waals surface area contributed by atoms with Crippen molar-refractivity contribution in [3.63, 3.8) is 0 Å². The van der Waals surface area contributed by atoms with Crippen LogP contribution in [0.5, 0.6) is 0 Å². The Kier molecular flexibility index (Phi) is 5.50. The molecule has 1 aromatic carbocycles. The zero-order chi connectivity index (χ0) is 14.7. The fourth-order valence-electron chi connectivity index (χ4n) is 3.26. The average Bonchev–Trinajstić information content (AvgIpc) is 2.46. The summed E-state index contributed by atoms with van der Waals surface area (Å²) in [5.74, 6) is 0.951. The second-order valence-corrected chi connectivity index (χ2v) is 7.04. The smallest absolute Gasteiger partial charge is 0.0377 e. The molecule has 0 bridgehead atoms. The second-order valence-electron chi connectivity index (χ2n) is 6.19. The molecule has 0 radical (unpaired) electrons. The van der Waals surface area contributed by atoms with Crippen LogP contribution >= 0.6 is 15.9 Å². The summed E-state index contributed by atoms with van der Waals surface area (Å²) in [6.07, 6.45) is 6.74. The summed E-state index contributed by atoms with van der Waals surface area (Å²) in [6, 6.07) is 7.33. The van der Waals surface area contributed by atoms with Crippen molar-refractivity contribution in [1.82, 2.24) is 0 Å². The summed E-state index contributed by atoms with van der Waals surface area (Å²) >= 11 is 3.65. The number of nitrogens with two attached hydrogens (primary N) is 1. The van der Waals surface area contributed by atoms with Gasteiger partial charge in [0.05, 0.1) is 0 Å². The van der Waals surface area contributed by atoms with Gasteiger partial charge in [-0.3, -0.25) is 0 Å². The maximum atomic E-state index is 5.97. The molecule has 112 valence electrons. The highest BCUT2D eigenvalue weighted by atomic mass is 79.9. The van der Waals surface area contributed by atoms with Crippen LogP contribution in [0.3, 0.4) is 0 Å². The highest BCUT2D eigenvalue weighted by molar-refractivity contribution is 9.10. The van der Waals surface area contributed by atoms with Gasteiger partial charge in [0.2, 0.25) is 0 Å². The van der Waals surface area contributed by atoms with Gasteiger partial charge in [0.1, 0.15) is 0 Å². The number of halogens is 1. The molecule has 2 rings (SSSR count). The lowest BCUT2D eigenvalue weighted by molar-refractivity contribution is 0.313. The van der Waals surface area contributed by atoms with Gasteiger partial charge < -0.3 is 10.6 Å². The van der Waals surface area contributed by atoms with Crippen LogP contribution in [0, 0.1) is 5.92 Å². The second kappa shape index (κ2) is 6.95. The largest absolute Gasteiger partial charge is 0.372 e. The zero-order valence-corrected chi connectivity index (χ0v) is 14.5. The van der Waals surface area contributed by atoms with Crippen molar-refractivity contribution in [3.05, 3.63) is 28.2 Å². The number of hydrogen-bond donors (Lipinski definition) is 1. The molecule has 1 aromatic rings. The number of benzene rings is 1. The molecule has 20 heavy (non-hydrogen) atoms. The van der Waals surface area contributed by atoms with Crippen LogP contribution in [0.1, 0.15) is 57.6 Å². The van der Waals surface area contributed by atoms with Crippen molar-refractivity contribution in [2.24, 2.45) is 11.7 Å². The molecule has 0 saturated heterocycles. The van der Waals surface area contributed by atoms with Crippen LogP contribution in [0.2, 0.25) is 0 Å². The summed E-state index contributed by atoms with van der Waals surface area (Å²) in [5, 5.41) is 0. The summed E-state index contributed by atoms with van der Waals surface area (Å²) in [6.45, 7) is 4.34. The van der Waals surface area contributed by atoms with Crippen molar-refractivity contribution in [3.8, 4) is 0 Å². The topological polar surface area (TPSA) is 29.3 Å². The Labute approximate surface area is 131 Å². The average molecular weight is 339 g/mol. The van der Waals surface area contributed by atoms with Crippen molar-refractivity contribution < 1.29 is 0 Å². The molecule has 0 aromatic heterocycles. The SMILES string of the molecule is CCC1CCC(N(C)c2ccc([C@@H](C)N)c(Br)c2)CC1. The van der Waals surface area contributed by atoms with Crippen LogP contribution < -0.4 is 10.6 Å². The third kappa shape index (κ3) is 3.56. The lowest BCUT2D eigenvalue weighted by Gasteiger charge is -2.36. The Morgan fingerprint density at radius 2 is 1.95 bits per heavy atom. The lowest BCUT2D eigenvalue weighted by atomic mass is 9.84. The Morgan fingerprint density at radius 1 is 1.30 bits per heavy atom. The van der Waals surface area contributed by atoms with Crippen LogP contribution in [-0.2, 0) is 0 Å². The first kappa shape index (κ1) is 15.8. The highest BCUT2D eigenvalue weighted by Gasteiger charge is 2.23. The first-order chi connectivity index (χ1) is 9.52. The first-order valence-corrected chi connectivity index (χ1v) is 8.60. The van der Waals surface area contributed by atoms with E-state index in [0.29, 0.717) is 6.04 Å². The van der Waals surface area contributed by atoms with E-state index in [2.05, 4.69) is 53.0 Å². The van der Waals surface area contributed by atoms with Crippen LogP contribution in [0.4, 0.5) is 5.69 Å². The molecule has 0 unspecified atom stereocenters. The molecule has 0 heterocycles. The summed E-state index contributed by atoms with van der Waals surface area (Å²) in [5.41, 5.74) is 8.44. The van der Waals surface area contributed by atoms with Gasteiger partial charge >= 0.3 is 0 Å². The molecule has 1 fully saturated rings. The normalized spacial score (nSPS) is 24.4. The molecule has 1 atom stereocenters.